The van der Waals surface area contributed by atoms with Gasteiger partial charge in [-0.1, -0.05) is 53.8 Å². The van der Waals surface area contributed by atoms with Crippen molar-refractivity contribution < 1.29 is 24.6 Å². The normalized spacial score (nSPS) is 27.6. The Bertz CT molecular complexity index is 1460. The molecule has 6 atom stereocenters. The van der Waals surface area contributed by atoms with E-state index in [1.54, 1.807) is 15.7 Å². The van der Waals surface area contributed by atoms with E-state index in [9.17, 15) is 24.6 Å². The molecule has 2 N–H and O–H groups in total. The maximum Gasteiger partial charge on any atom is 0.308 e. The largest absolute Gasteiger partial charge is 0.481 e. The van der Waals surface area contributed by atoms with Gasteiger partial charge in [0.05, 0.1) is 34.7 Å². The minimum Gasteiger partial charge on any atom is -0.481 e. The van der Waals surface area contributed by atoms with E-state index in [0.717, 1.165) is 11.1 Å². The molecular formula is C29H31N5O5S. The van der Waals surface area contributed by atoms with Gasteiger partial charge in [0.25, 0.3) is 0 Å². The van der Waals surface area contributed by atoms with Crippen LogP contribution in [-0.2, 0) is 27.5 Å². The van der Waals surface area contributed by atoms with Gasteiger partial charge in [-0.25, -0.2) is 4.68 Å². The number of hydrogen-bond acceptors (Lipinski definition) is 7. The quantitative estimate of drug-likeness (QED) is 0.361. The Balaban J connectivity index is 1.41. The third kappa shape index (κ3) is 4.10. The summed E-state index contributed by atoms with van der Waals surface area (Å²) in [7, 11) is 0. The smallest absolute Gasteiger partial charge is 0.308 e. The van der Waals surface area contributed by atoms with Gasteiger partial charge in [-0.3, -0.25) is 14.4 Å². The Morgan fingerprint density at radius 2 is 1.95 bits per heavy atom. The number of amides is 2. The second kappa shape index (κ2) is 10.4. The van der Waals surface area contributed by atoms with E-state index in [-0.39, 0.29) is 36.9 Å². The van der Waals surface area contributed by atoms with Crippen LogP contribution >= 0.6 is 11.8 Å². The number of carboxylic acids is 1. The van der Waals surface area contributed by atoms with Crippen LogP contribution in [0.4, 0.5) is 0 Å². The third-order valence-corrected chi connectivity index (χ3v) is 10.5. The van der Waals surface area contributed by atoms with Crippen LogP contribution in [0.5, 0.6) is 0 Å². The molecule has 2 unspecified atom stereocenters. The first kappa shape index (κ1) is 26.5. The molecule has 3 aliphatic heterocycles. The van der Waals surface area contributed by atoms with Gasteiger partial charge < -0.3 is 20.0 Å². The molecule has 0 radical (unpaired) electrons. The Kier molecular flexibility index (Phi) is 6.87. The van der Waals surface area contributed by atoms with E-state index >= 15 is 0 Å². The van der Waals surface area contributed by atoms with Gasteiger partial charge >= 0.3 is 5.97 Å². The van der Waals surface area contributed by atoms with Crippen molar-refractivity contribution in [1.29, 1.82) is 0 Å². The highest BCUT2D eigenvalue weighted by molar-refractivity contribution is 8.02. The predicted molar refractivity (Wildman–Crippen MR) is 149 cm³/mol. The van der Waals surface area contributed by atoms with Crippen molar-refractivity contribution in [3.8, 4) is 0 Å². The highest BCUT2D eigenvalue weighted by Crippen LogP contribution is 2.66. The summed E-state index contributed by atoms with van der Waals surface area (Å²) in [6, 6.07) is 15.3. The summed E-state index contributed by atoms with van der Waals surface area (Å²) >= 11 is 1.48. The van der Waals surface area contributed by atoms with Gasteiger partial charge in [0, 0.05) is 11.8 Å². The van der Waals surface area contributed by atoms with E-state index in [4.69, 9.17) is 0 Å². The Morgan fingerprint density at radius 1 is 1.20 bits per heavy atom. The van der Waals surface area contributed by atoms with Crippen molar-refractivity contribution in [3.63, 3.8) is 0 Å². The maximum absolute atomic E-state index is 14.6. The molecule has 1 aromatic heterocycles. The number of fused-ring (bicyclic) bond motifs is 2. The number of carboxylic acid groups (broad SMARTS) is 1. The summed E-state index contributed by atoms with van der Waals surface area (Å²) in [6.45, 7) is 3.78. The summed E-state index contributed by atoms with van der Waals surface area (Å²) in [4.78, 5) is 44.3. The minimum atomic E-state index is -1.01. The Morgan fingerprint density at radius 3 is 2.67 bits per heavy atom. The van der Waals surface area contributed by atoms with E-state index < -0.39 is 34.6 Å². The molecule has 3 saturated heterocycles. The highest BCUT2D eigenvalue weighted by Gasteiger charge is 2.74. The third-order valence-electron chi connectivity index (χ3n) is 8.56. The zero-order chi connectivity index (χ0) is 28.0. The number of rotatable bonds is 10. The average molecular weight is 562 g/mol. The lowest BCUT2D eigenvalue weighted by Crippen LogP contribution is -2.58. The van der Waals surface area contributed by atoms with Crippen molar-refractivity contribution >= 4 is 40.6 Å². The molecule has 40 heavy (non-hydrogen) atoms. The summed E-state index contributed by atoms with van der Waals surface area (Å²) in [5.41, 5.74) is 2.38. The van der Waals surface area contributed by atoms with Crippen LogP contribution in [0.15, 0.2) is 67.3 Å². The lowest BCUT2D eigenvalue weighted by atomic mass is 9.71. The zero-order valence-corrected chi connectivity index (χ0v) is 22.7. The van der Waals surface area contributed by atoms with Gasteiger partial charge in [0.2, 0.25) is 11.8 Å². The number of likely N-dealkylation sites (tertiary alicyclic amines) is 1. The zero-order valence-electron chi connectivity index (χ0n) is 21.9. The Hall–Kier alpha value is -3.70. The van der Waals surface area contributed by atoms with Crippen molar-refractivity contribution in [2.75, 3.05) is 13.2 Å². The number of hydrogen-bond donors (Lipinski definition) is 2. The maximum atomic E-state index is 14.6. The van der Waals surface area contributed by atoms with Crippen molar-refractivity contribution in [2.45, 2.75) is 48.0 Å². The van der Waals surface area contributed by atoms with E-state index in [2.05, 4.69) is 16.9 Å². The molecule has 10 nitrogen and oxygen atoms in total. The fourth-order valence-corrected chi connectivity index (χ4v) is 9.10. The monoisotopic (exact) mass is 561 g/mol. The number of aliphatic hydroxyl groups excluding tert-OH is 1. The van der Waals surface area contributed by atoms with E-state index in [1.165, 1.54) is 16.7 Å². The van der Waals surface area contributed by atoms with Gasteiger partial charge in [-0.15, -0.1) is 23.4 Å². The predicted octanol–water partition coefficient (Wildman–Crippen LogP) is 2.18. The number of carbonyl (C=O) groups excluding carboxylic acids is 2. The number of aliphatic hydroxyl groups is 1. The molecule has 1 spiro atoms. The molecule has 0 aliphatic carbocycles. The number of benzene rings is 2. The van der Waals surface area contributed by atoms with Crippen molar-refractivity contribution in [1.82, 2.24) is 24.8 Å². The second-order valence-corrected chi connectivity index (χ2v) is 12.3. The average Bonchev–Trinajstić information content (AvgIpc) is 3.71. The molecule has 2 aromatic carbocycles. The van der Waals surface area contributed by atoms with Crippen LogP contribution in [0.3, 0.4) is 0 Å². The first-order valence-electron chi connectivity index (χ1n) is 13.4. The topological polar surface area (TPSA) is 129 Å². The van der Waals surface area contributed by atoms with Gasteiger partial charge in [0.15, 0.2) is 0 Å². The molecule has 3 aliphatic rings. The highest BCUT2D eigenvalue weighted by atomic mass is 32.2. The van der Waals surface area contributed by atoms with E-state index in [0.29, 0.717) is 24.8 Å². The molecule has 208 valence electrons. The number of carbonyl (C=O) groups is 3. The van der Waals surface area contributed by atoms with Crippen LogP contribution in [0.25, 0.3) is 11.0 Å². The summed E-state index contributed by atoms with van der Waals surface area (Å²) in [5, 5.41) is 28.9. The van der Waals surface area contributed by atoms with Crippen LogP contribution in [0.2, 0.25) is 0 Å². The number of aliphatic carboxylic acids is 1. The number of aromatic nitrogens is 3. The standard InChI is InChI=1S/C29H31N5O5S/c1-2-14-32(17-33-21-11-7-6-10-20(21)30-31-33)27(37)25-29-13-12-22(40-29)23(28(38)39)24(29)26(36)34(25)19(16-35)15-18-8-4-3-5-9-18/h2-11,19,22-25,35H,1,12-17H2,(H,38,39)/t19-,22-,23+,24+,25?,29?/m1/s1. The molecule has 3 fully saturated rings. The number of para-hydroxylation sites is 1. The SMILES string of the molecule is C=CCN(Cn1nnc2ccccc21)C(=O)C1N([C@@H](CO)Cc2ccccc2)C(=O)[C@@H]2[C@@H](C(=O)O)[C@H]3CCC12S3. The number of thioether (sulfide) groups is 1. The summed E-state index contributed by atoms with van der Waals surface area (Å²) in [6.07, 6.45) is 3.16. The fourth-order valence-electron chi connectivity index (χ4n) is 6.91. The van der Waals surface area contributed by atoms with E-state index in [1.807, 2.05) is 54.6 Å². The lowest BCUT2D eigenvalue weighted by molar-refractivity contribution is -0.150. The second-order valence-electron chi connectivity index (χ2n) is 10.7. The molecule has 4 heterocycles. The summed E-state index contributed by atoms with van der Waals surface area (Å²) in [5.74, 6) is -3.37. The first-order chi connectivity index (χ1) is 19.4. The van der Waals surface area contributed by atoms with Gasteiger partial charge in [0.1, 0.15) is 18.2 Å². The molecule has 11 heteroatoms. The molecule has 2 bridgehead atoms. The van der Waals surface area contributed by atoms with Crippen molar-refractivity contribution in [3.05, 3.63) is 72.8 Å². The lowest BCUT2D eigenvalue weighted by Gasteiger charge is -2.39. The molecule has 0 saturated carbocycles. The van der Waals surface area contributed by atoms with Crippen molar-refractivity contribution in [2.24, 2.45) is 11.8 Å². The molecule has 6 rings (SSSR count). The Labute approximate surface area is 235 Å². The van der Waals surface area contributed by atoms with Gasteiger partial charge in [-0.05, 0) is 37.0 Å². The minimum absolute atomic E-state index is 0.0869. The van der Waals surface area contributed by atoms with Crippen LogP contribution < -0.4 is 0 Å². The summed E-state index contributed by atoms with van der Waals surface area (Å²) < 4.78 is 0.760. The molecule has 2 amide bonds. The molecule has 3 aromatic rings. The molecular weight excluding hydrogens is 530 g/mol. The number of nitrogens with zero attached hydrogens (tertiary/aromatic N) is 5. The fraction of sp³-hybridized carbons (Fsp3) is 0.414. The van der Waals surface area contributed by atoms with Crippen LogP contribution in [0, 0.1) is 11.8 Å². The first-order valence-corrected chi connectivity index (χ1v) is 14.3. The van der Waals surface area contributed by atoms with Crippen LogP contribution in [0.1, 0.15) is 18.4 Å². The van der Waals surface area contributed by atoms with Crippen LogP contribution in [-0.4, -0.2) is 88.0 Å². The van der Waals surface area contributed by atoms with Gasteiger partial charge in [-0.2, -0.15) is 0 Å².